The van der Waals surface area contributed by atoms with Gasteiger partial charge in [-0.3, -0.25) is 4.90 Å². The molecule has 7 nitrogen and oxygen atoms in total. The van der Waals surface area contributed by atoms with Crippen molar-refractivity contribution in [2.24, 2.45) is 0 Å². The zero-order valence-electron chi connectivity index (χ0n) is 15.5. The van der Waals surface area contributed by atoms with Crippen LogP contribution in [0.1, 0.15) is 20.3 Å². The second kappa shape index (κ2) is 9.48. The molecule has 0 radical (unpaired) electrons. The summed E-state index contributed by atoms with van der Waals surface area (Å²) in [4.78, 5) is 14.6. The van der Waals surface area contributed by atoms with Gasteiger partial charge in [0, 0.05) is 44.0 Å². The molecular formula is C18H29N3O4. The van der Waals surface area contributed by atoms with Crippen LogP contribution in [0.2, 0.25) is 0 Å². The molecule has 1 aliphatic rings. The molecule has 140 valence electrons. The van der Waals surface area contributed by atoms with Gasteiger partial charge in [0.25, 0.3) is 0 Å². The predicted molar refractivity (Wildman–Crippen MR) is 97.6 cm³/mol. The van der Waals surface area contributed by atoms with Crippen molar-refractivity contribution in [3.05, 3.63) is 18.2 Å². The second-order valence-electron chi connectivity index (χ2n) is 6.38. The largest absolute Gasteiger partial charge is 0.493 e. The van der Waals surface area contributed by atoms with Gasteiger partial charge >= 0.3 is 6.03 Å². The van der Waals surface area contributed by atoms with Crippen LogP contribution in [0.15, 0.2) is 18.2 Å². The van der Waals surface area contributed by atoms with Gasteiger partial charge < -0.3 is 24.8 Å². The molecule has 1 aliphatic heterocycles. The van der Waals surface area contributed by atoms with E-state index in [0.717, 1.165) is 19.5 Å². The fourth-order valence-corrected chi connectivity index (χ4v) is 2.83. The number of hydrogen-bond acceptors (Lipinski definition) is 5. The average Bonchev–Trinajstić information content (AvgIpc) is 3.04. The second-order valence-corrected chi connectivity index (χ2v) is 6.38. The van der Waals surface area contributed by atoms with Crippen LogP contribution in [0.4, 0.5) is 10.5 Å². The Labute approximate surface area is 149 Å². The average molecular weight is 351 g/mol. The molecule has 2 rings (SSSR count). The van der Waals surface area contributed by atoms with Crippen molar-refractivity contribution in [2.75, 3.05) is 45.8 Å². The van der Waals surface area contributed by atoms with Crippen LogP contribution >= 0.6 is 0 Å². The smallest absolute Gasteiger partial charge is 0.319 e. The Bertz CT molecular complexity index is 565. The van der Waals surface area contributed by atoms with E-state index in [1.807, 2.05) is 0 Å². The van der Waals surface area contributed by atoms with E-state index in [1.165, 1.54) is 0 Å². The number of rotatable bonds is 8. The van der Waals surface area contributed by atoms with Gasteiger partial charge in [-0.25, -0.2) is 4.79 Å². The van der Waals surface area contributed by atoms with Crippen LogP contribution in [0, 0.1) is 0 Å². The van der Waals surface area contributed by atoms with Crippen molar-refractivity contribution < 1.29 is 19.0 Å². The third kappa shape index (κ3) is 5.79. The summed E-state index contributed by atoms with van der Waals surface area (Å²) in [7, 11) is 3.20. The normalized spacial score (nSPS) is 17.6. The predicted octanol–water partition coefficient (Wildman–Crippen LogP) is 2.32. The molecule has 1 aromatic carbocycles. The lowest BCUT2D eigenvalue weighted by Gasteiger charge is -2.20. The molecule has 2 amide bonds. The zero-order valence-corrected chi connectivity index (χ0v) is 15.5. The number of hydrogen-bond donors (Lipinski definition) is 2. The Morgan fingerprint density at radius 2 is 2.08 bits per heavy atom. The Morgan fingerprint density at radius 1 is 1.28 bits per heavy atom. The Kier molecular flexibility index (Phi) is 7.33. The minimum Gasteiger partial charge on any atom is -0.493 e. The fourth-order valence-electron chi connectivity index (χ4n) is 2.83. The maximum absolute atomic E-state index is 12.2. The molecule has 1 atom stereocenters. The molecule has 1 unspecified atom stereocenters. The van der Waals surface area contributed by atoms with Crippen molar-refractivity contribution in [1.29, 1.82) is 0 Å². The van der Waals surface area contributed by atoms with Gasteiger partial charge in [0.05, 0.1) is 13.7 Å². The van der Waals surface area contributed by atoms with Crippen LogP contribution in [0.5, 0.6) is 11.5 Å². The van der Waals surface area contributed by atoms with Crippen LogP contribution in [0.3, 0.4) is 0 Å². The maximum atomic E-state index is 12.2. The van der Waals surface area contributed by atoms with Gasteiger partial charge in [0.15, 0.2) is 11.5 Å². The van der Waals surface area contributed by atoms with Crippen molar-refractivity contribution in [1.82, 2.24) is 10.2 Å². The van der Waals surface area contributed by atoms with E-state index in [0.29, 0.717) is 36.4 Å². The standard InChI is InChI=1S/C18H29N3O4/c1-13(2)21-8-7-15(12-21)20-18(22)19-14-5-6-16(24-4)17(11-14)25-10-9-23-3/h5-6,11,13,15H,7-10,12H2,1-4H3,(H2,19,20,22). The summed E-state index contributed by atoms with van der Waals surface area (Å²) >= 11 is 0. The number of methoxy groups -OCH3 is 2. The molecule has 2 N–H and O–H groups in total. The number of amides is 2. The van der Waals surface area contributed by atoms with E-state index in [4.69, 9.17) is 14.2 Å². The molecule has 25 heavy (non-hydrogen) atoms. The third-order valence-electron chi connectivity index (χ3n) is 4.25. The lowest BCUT2D eigenvalue weighted by Crippen LogP contribution is -2.40. The maximum Gasteiger partial charge on any atom is 0.319 e. The van der Waals surface area contributed by atoms with Crippen LogP contribution in [-0.2, 0) is 4.74 Å². The van der Waals surface area contributed by atoms with E-state index in [1.54, 1.807) is 32.4 Å². The number of likely N-dealkylation sites (tertiary alicyclic amines) is 1. The molecule has 0 spiro atoms. The number of carbonyl (C=O) groups excluding carboxylic acids is 1. The molecule has 0 bridgehead atoms. The summed E-state index contributed by atoms with van der Waals surface area (Å²) in [6, 6.07) is 5.79. The molecule has 7 heteroatoms. The first-order valence-corrected chi connectivity index (χ1v) is 8.64. The molecule has 0 aromatic heterocycles. The van der Waals surface area contributed by atoms with E-state index < -0.39 is 0 Å². The summed E-state index contributed by atoms with van der Waals surface area (Å²) in [6.45, 7) is 7.14. The van der Waals surface area contributed by atoms with E-state index >= 15 is 0 Å². The molecule has 0 saturated carbocycles. The molecule has 1 fully saturated rings. The van der Waals surface area contributed by atoms with Gasteiger partial charge in [-0.1, -0.05) is 0 Å². The summed E-state index contributed by atoms with van der Waals surface area (Å²) < 4.78 is 15.9. The van der Waals surface area contributed by atoms with Gasteiger partial charge in [-0.2, -0.15) is 0 Å². The van der Waals surface area contributed by atoms with Gasteiger partial charge in [0.2, 0.25) is 0 Å². The first-order chi connectivity index (χ1) is 12.0. The first-order valence-electron chi connectivity index (χ1n) is 8.64. The Morgan fingerprint density at radius 3 is 2.72 bits per heavy atom. The molecular weight excluding hydrogens is 322 g/mol. The minimum atomic E-state index is -0.205. The Balaban J connectivity index is 1.90. The number of ether oxygens (including phenoxy) is 3. The van der Waals surface area contributed by atoms with Crippen molar-refractivity contribution >= 4 is 11.7 Å². The molecule has 1 saturated heterocycles. The van der Waals surface area contributed by atoms with Crippen molar-refractivity contribution in [3.63, 3.8) is 0 Å². The van der Waals surface area contributed by atoms with Crippen molar-refractivity contribution in [3.8, 4) is 11.5 Å². The number of benzene rings is 1. The van der Waals surface area contributed by atoms with Crippen LogP contribution < -0.4 is 20.1 Å². The minimum absolute atomic E-state index is 0.179. The number of anilines is 1. The number of nitrogens with one attached hydrogen (secondary N) is 2. The molecule has 1 aromatic rings. The number of carbonyl (C=O) groups is 1. The topological polar surface area (TPSA) is 72.1 Å². The lowest BCUT2D eigenvalue weighted by molar-refractivity contribution is 0.144. The Hall–Kier alpha value is -1.99. The number of nitrogens with zero attached hydrogens (tertiary/aromatic N) is 1. The number of urea groups is 1. The highest BCUT2D eigenvalue weighted by Gasteiger charge is 2.25. The van der Waals surface area contributed by atoms with Crippen LogP contribution in [-0.4, -0.2) is 63.5 Å². The fraction of sp³-hybridized carbons (Fsp3) is 0.611. The van der Waals surface area contributed by atoms with Gasteiger partial charge in [0.1, 0.15) is 6.61 Å². The highest BCUT2D eigenvalue weighted by Crippen LogP contribution is 2.30. The van der Waals surface area contributed by atoms with E-state index in [2.05, 4.69) is 29.4 Å². The van der Waals surface area contributed by atoms with E-state index in [9.17, 15) is 4.79 Å². The third-order valence-corrected chi connectivity index (χ3v) is 4.25. The highest BCUT2D eigenvalue weighted by molar-refractivity contribution is 5.89. The zero-order chi connectivity index (χ0) is 18.2. The summed E-state index contributed by atoms with van der Waals surface area (Å²) in [5.41, 5.74) is 0.657. The van der Waals surface area contributed by atoms with Crippen molar-refractivity contribution in [2.45, 2.75) is 32.4 Å². The van der Waals surface area contributed by atoms with E-state index in [-0.39, 0.29) is 12.1 Å². The highest BCUT2D eigenvalue weighted by atomic mass is 16.5. The summed E-state index contributed by atoms with van der Waals surface area (Å²) in [5.74, 6) is 1.19. The van der Waals surface area contributed by atoms with Gasteiger partial charge in [-0.05, 0) is 32.4 Å². The van der Waals surface area contributed by atoms with Gasteiger partial charge in [-0.15, -0.1) is 0 Å². The molecule has 1 heterocycles. The van der Waals surface area contributed by atoms with Crippen LogP contribution in [0.25, 0.3) is 0 Å². The quantitative estimate of drug-likeness (QED) is 0.703. The monoisotopic (exact) mass is 351 g/mol. The lowest BCUT2D eigenvalue weighted by atomic mass is 10.2. The molecule has 0 aliphatic carbocycles. The first kappa shape index (κ1) is 19.3. The SMILES string of the molecule is COCCOc1cc(NC(=O)NC2CCN(C(C)C)C2)ccc1OC. The summed E-state index contributed by atoms with van der Waals surface area (Å²) in [5, 5.41) is 5.89. The summed E-state index contributed by atoms with van der Waals surface area (Å²) in [6.07, 6.45) is 0.972.